The Morgan fingerprint density at radius 2 is 2.00 bits per heavy atom. The predicted molar refractivity (Wildman–Crippen MR) is 136 cm³/mol. The molecular formula is C28H35ClN2O3. The van der Waals surface area contributed by atoms with Gasteiger partial charge in [-0.05, 0) is 67.5 Å². The number of hydrogen-bond donors (Lipinski definition) is 2. The molecule has 0 aromatic heterocycles. The Kier molecular flexibility index (Phi) is 6.88. The van der Waals surface area contributed by atoms with Crippen molar-refractivity contribution in [2.75, 3.05) is 31.6 Å². The van der Waals surface area contributed by atoms with E-state index in [-0.39, 0.29) is 17.4 Å². The first-order chi connectivity index (χ1) is 16.4. The number of aryl methyl sites for hydroxylation is 1. The van der Waals surface area contributed by atoms with E-state index in [1.165, 1.54) is 11.1 Å². The third kappa shape index (κ3) is 4.84. The van der Waals surface area contributed by atoms with Crippen molar-refractivity contribution in [1.29, 1.82) is 0 Å². The molecule has 0 radical (unpaired) electrons. The molecule has 2 heterocycles. The number of rotatable bonds is 7. The summed E-state index contributed by atoms with van der Waals surface area (Å²) in [5.74, 6) is 1.85. The van der Waals surface area contributed by atoms with Crippen LogP contribution in [0.15, 0.2) is 42.5 Å². The van der Waals surface area contributed by atoms with Crippen LogP contribution in [0.1, 0.15) is 50.2 Å². The van der Waals surface area contributed by atoms with E-state index in [1.54, 1.807) is 0 Å². The van der Waals surface area contributed by atoms with Crippen LogP contribution in [-0.4, -0.2) is 48.3 Å². The average molecular weight is 483 g/mol. The van der Waals surface area contributed by atoms with Gasteiger partial charge in [0.1, 0.15) is 5.75 Å². The van der Waals surface area contributed by atoms with Gasteiger partial charge in [0.25, 0.3) is 0 Å². The normalized spacial score (nSPS) is 25.1. The zero-order valence-electron chi connectivity index (χ0n) is 19.9. The molecule has 1 aliphatic carbocycles. The number of nitrogens with one attached hydrogen (secondary N) is 1. The van der Waals surface area contributed by atoms with Gasteiger partial charge in [-0.25, -0.2) is 0 Å². The Balaban J connectivity index is 1.20. The molecule has 5 rings (SSSR count). The molecule has 1 amide bonds. The predicted octanol–water partition coefficient (Wildman–Crippen LogP) is 5.04. The summed E-state index contributed by atoms with van der Waals surface area (Å²) in [5.41, 5.74) is 3.11. The average Bonchev–Trinajstić information content (AvgIpc) is 2.79. The number of likely N-dealkylation sites (tertiary alicyclic amines) is 1. The summed E-state index contributed by atoms with van der Waals surface area (Å²) in [6, 6.07) is 14.1. The summed E-state index contributed by atoms with van der Waals surface area (Å²) in [4.78, 5) is 14.1. The monoisotopic (exact) mass is 482 g/mol. The van der Waals surface area contributed by atoms with Crippen molar-refractivity contribution in [3.63, 3.8) is 0 Å². The number of amides is 1. The Labute approximate surface area is 207 Å². The molecule has 2 aromatic carbocycles. The summed E-state index contributed by atoms with van der Waals surface area (Å²) in [6.07, 6.45) is 5.28. The van der Waals surface area contributed by atoms with Gasteiger partial charge >= 0.3 is 0 Å². The van der Waals surface area contributed by atoms with Gasteiger partial charge in [-0.3, -0.25) is 4.79 Å². The quantitative estimate of drug-likeness (QED) is 0.580. The number of β-amino-alcohol motifs (C(OH)–C–C–N with tert-alkyl or cyclic N) is 1. The maximum absolute atomic E-state index is 11.7. The van der Waals surface area contributed by atoms with Crippen LogP contribution in [0.3, 0.4) is 0 Å². The second-order valence-electron chi connectivity index (χ2n) is 10.5. The smallest absolute Gasteiger partial charge is 0.224 e. The van der Waals surface area contributed by atoms with Crippen LogP contribution in [0.5, 0.6) is 5.75 Å². The van der Waals surface area contributed by atoms with E-state index in [4.69, 9.17) is 16.3 Å². The van der Waals surface area contributed by atoms with E-state index in [2.05, 4.69) is 35.3 Å². The van der Waals surface area contributed by atoms with Crippen molar-refractivity contribution in [2.24, 2.45) is 11.8 Å². The number of nitrogens with zero attached hydrogens (tertiary/aromatic N) is 1. The minimum atomic E-state index is -0.387. The van der Waals surface area contributed by atoms with Crippen molar-refractivity contribution >= 4 is 23.2 Å². The maximum Gasteiger partial charge on any atom is 0.224 e. The highest BCUT2D eigenvalue weighted by Gasteiger charge is 2.45. The lowest BCUT2D eigenvalue weighted by atomic mass is 9.61. The number of carbonyl (C=O) groups is 1. The molecule has 5 nitrogen and oxygen atoms in total. The fourth-order valence-corrected chi connectivity index (χ4v) is 5.95. The van der Waals surface area contributed by atoms with Gasteiger partial charge in [0, 0.05) is 47.6 Å². The number of ether oxygens (including phenoxy) is 1. The summed E-state index contributed by atoms with van der Waals surface area (Å²) in [6.45, 7) is 5.57. The Hall–Kier alpha value is -2.08. The van der Waals surface area contributed by atoms with Crippen LogP contribution in [0.4, 0.5) is 5.69 Å². The number of benzene rings is 2. The zero-order chi connectivity index (χ0) is 23.7. The Morgan fingerprint density at radius 1 is 1.21 bits per heavy atom. The number of aliphatic hydroxyl groups excluding tert-OH is 1. The second-order valence-corrected chi connectivity index (χ2v) is 10.9. The molecule has 0 spiro atoms. The van der Waals surface area contributed by atoms with E-state index in [0.717, 1.165) is 61.7 Å². The van der Waals surface area contributed by atoms with Crippen LogP contribution >= 0.6 is 11.6 Å². The highest BCUT2D eigenvalue weighted by atomic mass is 35.5. The van der Waals surface area contributed by atoms with Crippen LogP contribution in [0, 0.1) is 11.8 Å². The fourth-order valence-electron chi connectivity index (χ4n) is 5.82. The van der Waals surface area contributed by atoms with Gasteiger partial charge in [0.05, 0.1) is 12.7 Å². The van der Waals surface area contributed by atoms with Crippen molar-refractivity contribution in [3.05, 3.63) is 58.6 Å². The van der Waals surface area contributed by atoms with E-state index in [9.17, 15) is 9.90 Å². The molecule has 3 atom stereocenters. The third-order valence-electron chi connectivity index (χ3n) is 8.37. The minimum Gasteiger partial charge on any atom is -0.493 e. The highest BCUT2D eigenvalue weighted by molar-refractivity contribution is 6.30. The highest BCUT2D eigenvalue weighted by Crippen LogP contribution is 2.47. The molecular weight excluding hydrogens is 448 g/mol. The number of carbonyl (C=O) groups excluding carboxylic acids is 1. The fraction of sp³-hybridized carbons (Fsp3) is 0.536. The maximum atomic E-state index is 11.7. The summed E-state index contributed by atoms with van der Waals surface area (Å²) >= 11 is 6.10. The molecule has 2 aliphatic heterocycles. The molecule has 34 heavy (non-hydrogen) atoms. The SMILES string of the molecule is CC1CCN(CC(O)C2(c3ccc(Cl)cc3)CCC2)CC1COc1ccc2c(c1)NC(=O)CC2. The molecule has 2 N–H and O–H groups in total. The first kappa shape index (κ1) is 23.7. The van der Waals surface area contributed by atoms with Crippen LogP contribution in [0.25, 0.3) is 0 Å². The molecule has 3 aliphatic rings. The van der Waals surface area contributed by atoms with E-state index >= 15 is 0 Å². The molecule has 1 saturated carbocycles. The summed E-state index contributed by atoms with van der Waals surface area (Å²) < 4.78 is 6.20. The standard InChI is InChI=1S/C28H35ClN2O3/c1-19-11-14-31(17-26(32)28(12-2-13-28)22-5-7-23(29)8-6-22)16-21(19)18-34-24-9-3-20-4-10-27(33)30-25(20)15-24/h3,5-9,15,19,21,26,32H,2,4,10-14,16-18H2,1H3,(H,30,33). The molecule has 3 unspecified atom stereocenters. The molecule has 182 valence electrons. The van der Waals surface area contributed by atoms with Crippen molar-refractivity contribution < 1.29 is 14.6 Å². The molecule has 6 heteroatoms. The van der Waals surface area contributed by atoms with E-state index in [1.807, 2.05) is 24.3 Å². The van der Waals surface area contributed by atoms with Crippen molar-refractivity contribution in [3.8, 4) is 5.75 Å². The third-order valence-corrected chi connectivity index (χ3v) is 8.62. The van der Waals surface area contributed by atoms with Gasteiger partial charge in [0.15, 0.2) is 0 Å². The number of piperidine rings is 1. The number of hydrogen-bond acceptors (Lipinski definition) is 4. The van der Waals surface area contributed by atoms with Crippen LogP contribution in [0.2, 0.25) is 5.02 Å². The topological polar surface area (TPSA) is 61.8 Å². The minimum absolute atomic E-state index is 0.0718. The summed E-state index contributed by atoms with van der Waals surface area (Å²) in [5, 5.41) is 15.0. The first-order valence-electron chi connectivity index (χ1n) is 12.6. The van der Waals surface area contributed by atoms with Crippen LogP contribution < -0.4 is 10.1 Å². The molecule has 2 aromatic rings. The zero-order valence-corrected chi connectivity index (χ0v) is 20.7. The lowest BCUT2D eigenvalue weighted by molar-refractivity contribution is -0.116. The van der Waals surface area contributed by atoms with Crippen LogP contribution in [-0.2, 0) is 16.6 Å². The van der Waals surface area contributed by atoms with Gasteiger partial charge < -0.3 is 20.1 Å². The molecule has 1 saturated heterocycles. The first-order valence-corrected chi connectivity index (χ1v) is 13.0. The number of fused-ring (bicyclic) bond motifs is 1. The van der Waals surface area contributed by atoms with E-state index in [0.29, 0.717) is 31.4 Å². The Bertz CT molecular complexity index is 1020. The number of halogens is 1. The molecule has 2 fully saturated rings. The van der Waals surface area contributed by atoms with E-state index < -0.39 is 0 Å². The largest absolute Gasteiger partial charge is 0.493 e. The summed E-state index contributed by atoms with van der Waals surface area (Å²) in [7, 11) is 0. The van der Waals surface area contributed by atoms with Gasteiger partial charge in [-0.1, -0.05) is 43.1 Å². The lowest BCUT2D eigenvalue weighted by Gasteiger charge is -2.48. The van der Waals surface area contributed by atoms with Crippen molar-refractivity contribution in [1.82, 2.24) is 4.90 Å². The molecule has 0 bridgehead atoms. The Morgan fingerprint density at radius 3 is 2.74 bits per heavy atom. The number of aliphatic hydroxyl groups is 1. The lowest BCUT2D eigenvalue weighted by Crippen LogP contribution is -2.53. The van der Waals surface area contributed by atoms with Crippen molar-refractivity contribution in [2.45, 2.75) is 57.0 Å². The number of anilines is 1. The van der Waals surface area contributed by atoms with Gasteiger partial charge in [-0.2, -0.15) is 0 Å². The van der Waals surface area contributed by atoms with Gasteiger partial charge in [-0.15, -0.1) is 0 Å². The second kappa shape index (κ2) is 9.88. The van der Waals surface area contributed by atoms with Gasteiger partial charge in [0.2, 0.25) is 5.91 Å².